The first kappa shape index (κ1) is 12.2. The third-order valence-electron chi connectivity index (χ3n) is 1.93. The van der Waals surface area contributed by atoms with Crippen LogP contribution >= 0.6 is 15.9 Å². The summed E-state index contributed by atoms with van der Waals surface area (Å²) >= 11 is 3.26. The average molecular weight is 272 g/mol. The minimum Gasteiger partial charge on any atom is -0.507 e. The number of aromatic hydroxyl groups is 1. The molecule has 0 bridgehead atoms. The third-order valence-corrected chi connectivity index (χ3v) is 2.43. The topological polar surface area (TPSA) is 52.8 Å². The van der Waals surface area contributed by atoms with Crippen LogP contribution in [0.25, 0.3) is 0 Å². The van der Waals surface area contributed by atoms with Crippen molar-refractivity contribution < 1.29 is 10.2 Å². The van der Waals surface area contributed by atoms with E-state index in [1.165, 1.54) is 0 Å². The van der Waals surface area contributed by atoms with Crippen LogP contribution in [-0.2, 0) is 0 Å². The number of benzene rings is 1. The van der Waals surface area contributed by atoms with E-state index in [9.17, 15) is 5.11 Å². The summed E-state index contributed by atoms with van der Waals surface area (Å²) in [7, 11) is 0. The van der Waals surface area contributed by atoms with Gasteiger partial charge < -0.3 is 10.2 Å². The lowest BCUT2D eigenvalue weighted by molar-refractivity contribution is 0.223. The highest BCUT2D eigenvalue weighted by atomic mass is 79.9. The van der Waals surface area contributed by atoms with Crippen LogP contribution in [0.1, 0.15) is 19.4 Å². The fraction of sp³-hybridized carbons (Fsp3) is 0.364. The van der Waals surface area contributed by atoms with Crippen molar-refractivity contribution in [3.63, 3.8) is 0 Å². The van der Waals surface area contributed by atoms with Gasteiger partial charge >= 0.3 is 0 Å². The minimum absolute atomic E-state index is 0.0270. The van der Waals surface area contributed by atoms with Crippen molar-refractivity contribution in [1.82, 2.24) is 0 Å². The molecule has 0 saturated heterocycles. The summed E-state index contributed by atoms with van der Waals surface area (Å²) < 4.78 is 0.818. The van der Waals surface area contributed by atoms with Gasteiger partial charge in [0.15, 0.2) is 0 Å². The predicted octanol–water partition coefficient (Wildman–Crippen LogP) is 2.34. The summed E-state index contributed by atoms with van der Waals surface area (Å²) in [4.78, 5) is 4.19. The minimum atomic E-state index is -0.514. The maximum atomic E-state index is 9.58. The Kier molecular flexibility index (Phi) is 3.88. The number of halogens is 1. The Labute approximate surface area is 97.6 Å². The molecule has 0 saturated carbocycles. The molecule has 1 aromatic rings. The molecule has 1 aromatic carbocycles. The number of aliphatic hydroxyl groups excluding tert-OH is 1. The van der Waals surface area contributed by atoms with E-state index in [4.69, 9.17) is 5.11 Å². The molecule has 0 aliphatic carbocycles. The number of aliphatic imine (C=N–C) groups is 1. The molecule has 0 spiro atoms. The zero-order chi connectivity index (χ0) is 11.5. The van der Waals surface area contributed by atoms with Gasteiger partial charge in [0, 0.05) is 16.3 Å². The van der Waals surface area contributed by atoms with Crippen molar-refractivity contribution in [2.24, 2.45) is 4.99 Å². The second-order valence-corrected chi connectivity index (χ2v) is 4.85. The number of nitrogens with zero attached hydrogens (tertiary/aromatic N) is 1. The van der Waals surface area contributed by atoms with E-state index < -0.39 is 5.54 Å². The Balaban J connectivity index is 2.90. The Morgan fingerprint density at radius 1 is 1.47 bits per heavy atom. The molecule has 4 heteroatoms. The van der Waals surface area contributed by atoms with Gasteiger partial charge in [0.05, 0.1) is 12.1 Å². The molecule has 3 nitrogen and oxygen atoms in total. The second kappa shape index (κ2) is 4.77. The van der Waals surface area contributed by atoms with Crippen molar-refractivity contribution in [3.8, 4) is 5.75 Å². The summed E-state index contributed by atoms with van der Waals surface area (Å²) in [5.41, 5.74) is 0.124. The summed E-state index contributed by atoms with van der Waals surface area (Å²) in [6.45, 7) is 3.61. The highest BCUT2D eigenvalue weighted by molar-refractivity contribution is 9.10. The van der Waals surface area contributed by atoms with Gasteiger partial charge in [-0.15, -0.1) is 0 Å². The van der Waals surface area contributed by atoms with Gasteiger partial charge in [0.2, 0.25) is 0 Å². The molecule has 15 heavy (non-hydrogen) atoms. The largest absolute Gasteiger partial charge is 0.507 e. The van der Waals surface area contributed by atoms with E-state index >= 15 is 0 Å². The summed E-state index contributed by atoms with van der Waals surface area (Å²) in [6, 6.07) is 5.19. The Morgan fingerprint density at radius 3 is 2.67 bits per heavy atom. The molecular formula is C11H14BrNO2. The van der Waals surface area contributed by atoms with Gasteiger partial charge in [0.25, 0.3) is 0 Å². The molecule has 82 valence electrons. The zero-order valence-corrected chi connectivity index (χ0v) is 10.3. The predicted molar refractivity (Wildman–Crippen MR) is 64.6 cm³/mol. The normalized spacial score (nSPS) is 12.3. The molecule has 0 aromatic heterocycles. The molecule has 0 aliphatic rings. The van der Waals surface area contributed by atoms with Crippen LogP contribution in [0, 0.1) is 0 Å². The van der Waals surface area contributed by atoms with Crippen LogP contribution in [0.15, 0.2) is 27.7 Å². The van der Waals surface area contributed by atoms with Gasteiger partial charge in [-0.1, -0.05) is 15.9 Å². The summed E-state index contributed by atoms with van der Waals surface area (Å²) in [5.74, 6) is 0.168. The first-order valence-electron chi connectivity index (χ1n) is 4.59. The molecule has 1 rings (SSSR count). The number of aliphatic hydroxyl groups is 1. The molecule has 0 heterocycles. The van der Waals surface area contributed by atoms with Crippen molar-refractivity contribution in [2.45, 2.75) is 19.4 Å². The zero-order valence-electron chi connectivity index (χ0n) is 8.74. The van der Waals surface area contributed by atoms with Gasteiger partial charge in [0.1, 0.15) is 5.75 Å². The van der Waals surface area contributed by atoms with Gasteiger partial charge in [-0.05, 0) is 32.0 Å². The first-order valence-corrected chi connectivity index (χ1v) is 5.38. The lowest BCUT2D eigenvalue weighted by Gasteiger charge is -2.15. The number of phenolic OH excluding ortho intramolecular Hbond substituents is 1. The van der Waals surface area contributed by atoms with E-state index in [-0.39, 0.29) is 12.4 Å². The van der Waals surface area contributed by atoms with Gasteiger partial charge in [-0.25, -0.2) is 0 Å². The fourth-order valence-electron chi connectivity index (χ4n) is 0.911. The summed E-state index contributed by atoms with van der Waals surface area (Å²) in [5, 5.41) is 18.6. The first-order chi connectivity index (χ1) is 6.94. The van der Waals surface area contributed by atoms with E-state index in [0.29, 0.717) is 5.56 Å². The van der Waals surface area contributed by atoms with Crippen LogP contribution in [0.5, 0.6) is 5.75 Å². The van der Waals surface area contributed by atoms with Crippen LogP contribution in [0.4, 0.5) is 0 Å². The van der Waals surface area contributed by atoms with Crippen molar-refractivity contribution in [3.05, 3.63) is 28.2 Å². The van der Waals surface area contributed by atoms with E-state index in [1.807, 2.05) is 19.9 Å². The third kappa shape index (κ3) is 3.64. The van der Waals surface area contributed by atoms with Crippen molar-refractivity contribution >= 4 is 22.1 Å². The molecule has 0 amide bonds. The fourth-order valence-corrected chi connectivity index (χ4v) is 1.26. The number of rotatable bonds is 3. The summed E-state index contributed by atoms with van der Waals surface area (Å²) in [6.07, 6.45) is 1.57. The molecule has 0 aliphatic heterocycles. The van der Waals surface area contributed by atoms with E-state index in [2.05, 4.69) is 20.9 Å². The van der Waals surface area contributed by atoms with E-state index in [1.54, 1.807) is 18.3 Å². The number of phenols is 1. The highest BCUT2D eigenvalue weighted by Crippen LogP contribution is 2.21. The molecule has 0 radical (unpaired) electrons. The molecular weight excluding hydrogens is 258 g/mol. The van der Waals surface area contributed by atoms with Gasteiger partial charge in [-0.3, -0.25) is 4.99 Å². The standard InChI is InChI=1S/C11H14BrNO2/c1-11(2,7-14)13-6-8-3-4-9(12)5-10(8)15/h3-6,14-15H,7H2,1-2H3. The van der Waals surface area contributed by atoms with Crippen LogP contribution < -0.4 is 0 Å². The maximum absolute atomic E-state index is 9.58. The monoisotopic (exact) mass is 271 g/mol. The van der Waals surface area contributed by atoms with Crippen LogP contribution in [-0.4, -0.2) is 28.6 Å². The smallest absolute Gasteiger partial charge is 0.125 e. The number of hydrogen-bond acceptors (Lipinski definition) is 3. The SMILES string of the molecule is CC(C)(CO)N=Cc1ccc(Br)cc1O. The maximum Gasteiger partial charge on any atom is 0.125 e. The van der Waals surface area contributed by atoms with Gasteiger partial charge in [-0.2, -0.15) is 0 Å². The van der Waals surface area contributed by atoms with Crippen molar-refractivity contribution in [2.75, 3.05) is 6.61 Å². The number of hydrogen-bond donors (Lipinski definition) is 2. The van der Waals surface area contributed by atoms with Crippen molar-refractivity contribution in [1.29, 1.82) is 0 Å². The average Bonchev–Trinajstić information content (AvgIpc) is 2.16. The Bertz CT molecular complexity index is 375. The molecule has 0 unspecified atom stereocenters. The lowest BCUT2D eigenvalue weighted by Crippen LogP contribution is -2.21. The quantitative estimate of drug-likeness (QED) is 0.830. The molecule has 0 fully saturated rings. The Morgan fingerprint density at radius 2 is 2.13 bits per heavy atom. The van der Waals surface area contributed by atoms with Crippen LogP contribution in [0.3, 0.4) is 0 Å². The Hall–Kier alpha value is -0.870. The molecule has 0 atom stereocenters. The highest BCUT2D eigenvalue weighted by Gasteiger charge is 2.12. The second-order valence-electron chi connectivity index (χ2n) is 3.93. The van der Waals surface area contributed by atoms with Crippen LogP contribution in [0.2, 0.25) is 0 Å². The van der Waals surface area contributed by atoms with E-state index in [0.717, 1.165) is 4.47 Å². The lowest BCUT2D eigenvalue weighted by atomic mass is 10.1. The molecule has 2 N–H and O–H groups in total.